The predicted octanol–water partition coefficient (Wildman–Crippen LogP) is 1.17. The van der Waals surface area contributed by atoms with Crippen LogP contribution in [-0.2, 0) is 11.2 Å². The number of para-hydroxylation sites is 1. The zero-order valence-electron chi connectivity index (χ0n) is 14.9. The summed E-state index contributed by atoms with van der Waals surface area (Å²) in [6, 6.07) is 7.78. The van der Waals surface area contributed by atoms with Crippen molar-refractivity contribution in [2.75, 3.05) is 13.1 Å². The number of aromatic nitrogens is 5. The van der Waals surface area contributed by atoms with Gasteiger partial charge >= 0.3 is 0 Å². The average Bonchev–Trinajstić information content (AvgIpc) is 3.40. The van der Waals surface area contributed by atoms with Crippen LogP contribution in [0.1, 0.15) is 24.6 Å². The molecule has 8 heteroatoms. The van der Waals surface area contributed by atoms with Crippen molar-refractivity contribution in [3.8, 4) is 0 Å². The first-order chi connectivity index (χ1) is 13.2. The third-order valence-corrected chi connectivity index (χ3v) is 6.11. The number of aliphatic hydroxyl groups excluding tert-OH is 1. The van der Waals surface area contributed by atoms with Crippen LogP contribution in [0.25, 0.3) is 10.9 Å². The normalized spacial score (nSPS) is 27.8. The monoisotopic (exact) mass is 366 g/mol. The molecule has 0 spiro atoms. The first kappa shape index (κ1) is 16.4. The van der Waals surface area contributed by atoms with E-state index < -0.39 is 6.10 Å². The van der Waals surface area contributed by atoms with Gasteiger partial charge in [0, 0.05) is 18.5 Å². The number of carbonyl (C=O) groups is 1. The average molecular weight is 366 g/mol. The van der Waals surface area contributed by atoms with Crippen LogP contribution in [0, 0.1) is 11.8 Å². The van der Waals surface area contributed by atoms with Crippen molar-refractivity contribution in [1.29, 1.82) is 0 Å². The van der Waals surface area contributed by atoms with E-state index in [9.17, 15) is 9.90 Å². The molecular weight excluding hydrogens is 344 g/mol. The Labute approximate surface area is 156 Å². The van der Waals surface area contributed by atoms with Gasteiger partial charge in [-0.05, 0) is 30.7 Å². The molecule has 1 saturated carbocycles. The van der Waals surface area contributed by atoms with Crippen molar-refractivity contribution in [3.05, 3.63) is 42.6 Å². The zero-order valence-corrected chi connectivity index (χ0v) is 14.9. The molecule has 3 aromatic rings. The Balaban J connectivity index is 1.28. The molecule has 27 heavy (non-hydrogen) atoms. The molecule has 5 rings (SSSR count). The van der Waals surface area contributed by atoms with E-state index in [2.05, 4.69) is 20.3 Å². The van der Waals surface area contributed by atoms with Crippen molar-refractivity contribution in [3.63, 3.8) is 0 Å². The lowest BCUT2D eigenvalue weighted by Crippen LogP contribution is -2.36. The van der Waals surface area contributed by atoms with Gasteiger partial charge in [-0.3, -0.25) is 9.89 Å². The van der Waals surface area contributed by atoms with Gasteiger partial charge in [-0.25, -0.2) is 9.67 Å². The summed E-state index contributed by atoms with van der Waals surface area (Å²) < 4.78 is 1.75. The molecule has 0 bridgehead atoms. The number of amides is 1. The third kappa shape index (κ3) is 2.90. The van der Waals surface area contributed by atoms with Crippen LogP contribution in [-0.4, -0.2) is 60.1 Å². The van der Waals surface area contributed by atoms with Crippen LogP contribution >= 0.6 is 0 Å². The maximum absolute atomic E-state index is 12.9. The molecule has 2 fully saturated rings. The van der Waals surface area contributed by atoms with E-state index in [-0.39, 0.29) is 11.9 Å². The van der Waals surface area contributed by atoms with E-state index in [1.54, 1.807) is 11.0 Å². The summed E-state index contributed by atoms with van der Waals surface area (Å²) in [5, 5.41) is 23.0. The van der Waals surface area contributed by atoms with Gasteiger partial charge in [-0.15, -0.1) is 0 Å². The van der Waals surface area contributed by atoms with E-state index in [4.69, 9.17) is 0 Å². The standard InChI is InChI=1S/C19H22N6O2/c26-18-6-13-9-24(8-12(13)5-17(18)25-11-20-10-21-25)19(27)7-16-14-3-1-2-4-15(14)22-23-16/h1-4,10-13,17-18,26H,5-9H2,(H,22,23)/t12-,13+,17-,18-/m1/s1. The van der Waals surface area contributed by atoms with E-state index in [0.29, 0.717) is 24.7 Å². The molecule has 2 aromatic heterocycles. The lowest BCUT2D eigenvalue weighted by Gasteiger charge is -2.34. The van der Waals surface area contributed by atoms with E-state index in [1.807, 2.05) is 29.2 Å². The number of fused-ring (bicyclic) bond motifs is 2. The molecule has 1 amide bonds. The maximum atomic E-state index is 12.9. The Morgan fingerprint density at radius 1 is 1.22 bits per heavy atom. The minimum absolute atomic E-state index is 0.0552. The molecule has 0 radical (unpaired) electrons. The van der Waals surface area contributed by atoms with Crippen LogP contribution in [0.2, 0.25) is 0 Å². The number of benzene rings is 1. The molecule has 0 unspecified atom stereocenters. The topological polar surface area (TPSA) is 99.9 Å². The number of carbonyl (C=O) groups excluding carboxylic acids is 1. The lowest BCUT2D eigenvalue weighted by molar-refractivity contribution is -0.129. The molecule has 2 N–H and O–H groups in total. The fourth-order valence-electron chi connectivity index (χ4n) is 4.70. The summed E-state index contributed by atoms with van der Waals surface area (Å²) in [5.41, 5.74) is 1.75. The van der Waals surface area contributed by atoms with Crippen LogP contribution in [0.4, 0.5) is 0 Å². The van der Waals surface area contributed by atoms with Gasteiger partial charge in [-0.1, -0.05) is 18.2 Å². The van der Waals surface area contributed by atoms with Crippen LogP contribution in [0.15, 0.2) is 36.9 Å². The van der Waals surface area contributed by atoms with Gasteiger partial charge in [0.1, 0.15) is 12.7 Å². The summed E-state index contributed by atoms with van der Waals surface area (Å²) in [6.45, 7) is 1.46. The van der Waals surface area contributed by atoms with E-state index in [0.717, 1.165) is 36.1 Å². The van der Waals surface area contributed by atoms with E-state index >= 15 is 0 Å². The fourth-order valence-corrected chi connectivity index (χ4v) is 4.70. The molecule has 3 heterocycles. The summed E-state index contributed by atoms with van der Waals surface area (Å²) in [4.78, 5) is 18.8. The summed E-state index contributed by atoms with van der Waals surface area (Å²) in [7, 11) is 0. The second-order valence-corrected chi connectivity index (χ2v) is 7.70. The second kappa shape index (κ2) is 6.45. The number of likely N-dealkylation sites (tertiary alicyclic amines) is 1. The first-order valence-electron chi connectivity index (χ1n) is 9.41. The number of hydrogen-bond acceptors (Lipinski definition) is 5. The number of nitrogens with one attached hydrogen (secondary N) is 1. The highest BCUT2D eigenvalue weighted by atomic mass is 16.3. The largest absolute Gasteiger partial charge is 0.391 e. The Morgan fingerprint density at radius 2 is 2.04 bits per heavy atom. The number of H-pyrrole nitrogens is 1. The van der Waals surface area contributed by atoms with E-state index in [1.165, 1.54) is 6.33 Å². The Morgan fingerprint density at radius 3 is 2.85 bits per heavy atom. The SMILES string of the molecule is O=C(Cc1[nH]nc2ccccc12)N1C[C@H]2C[C@@H](n3cncn3)[C@H](O)C[C@H]2C1. The van der Waals surface area contributed by atoms with Gasteiger partial charge < -0.3 is 10.0 Å². The number of aliphatic hydroxyl groups is 1. The number of aromatic amines is 1. The molecule has 1 aliphatic heterocycles. The zero-order chi connectivity index (χ0) is 18.4. The maximum Gasteiger partial charge on any atom is 0.228 e. The molecule has 1 aliphatic carbocycles. The summed E-state index contributed by atoms with van der Waals surface area (Å²) in [6.07, 6.45) is 4.57. The summed E-state index contributed by atoms with van der Waals surface area (Å²) in [5.74, 6) is 0.859. The molecular formula is C19H22N6O2. The molecule has 4 atom stereocenters. The quantitative estimate of drug-likeness (QED) is 0.725. The highest BCUT2D eigenvalue weighted by molar-refractivity contribution is 5.87. The van der Waals surface area contributed by atoms with Gasteiger partial charge in [0.15, 0.2) is 0 Å². The molecule has 2 aliphatic rings. The van der Waals surface area contributed by atoms with Crippen molar-refractivity contribution in [2.24, 2.45) is 11.8 Å². The van der Waals surface area contributed by atoms with Crippen molar-refractivity contribution >= 4 is 16.8 Å². The van der Waals surface area contributed by atoms with Gasteiger partial charge in [0.05, 0.1) is 29.8 Å². The molecule has 1 aromatic carbocycles. The first-order valence-corrected chi connectivity index (χ1v) is 9.41. The number of rotatable bonds is 3. The minimum atomic E-state index is -0.445. The number of hydrogen-bond donors (Lipinski definition) is 2. The molecule has 8 nitrogen and oxygen atoms in total. The van der Waals surface area contributed by atoms with Crippen molar-refractivity contribution in [1.82, 2.24) is 29.9 Å². The van der Waals surface area contributed by atoms with Gasteiger partial charge in [0.25, 0.3) is 0 Å². The van der Waals surface area contributed by atoms with Crippen molar-refractivity contribution in [2.45, 2.75) is 31.4 Å². The molecule has 140 valence electrons. The minimum Gasteiger partial charge on any atom is -0.391 e. The van der Waals surface area contributed by atoms with Crippen LogP contribution in [0.3, 0.4) is 0 Å². The Kier molecular flexibility index (Phi) is 3.93. The highest BCUT2D eigenvalue weighted by Gasteiger charge is 2.43. The third-order valence-electron chi connectivity index (χ3n) is 6.11. The summed E-state index contributed by atoms with van der Waals surface area (Å²) >= 11 is 0. The van der Waals surface area contributed by atoms with Crippen molar-refractivity contribution < 1.29 is 9.90 Å². The Bertz CT molecular complexity index is 952. The van der Waals surface area contributed by atoms with Crippen LogP contribution < -0.4 is 0 Å². The lowest BCUT2D eigenvalue weighted by atomic mass is 9.77. The van der Waals surface area contributed by atoms with Gasteiger partial charge in [-0.2, -0.15) is 10.2 Å². The van der Waals surface area contributed by atoms with Gasteiger partial charge in [0.2, 0.25) is 5.91 Å². The Hall–Kier alpha value is -2.74. The smallest absolute Gasteiger partial charge is 0.228 e. The number of nitrogens with zero attached hydrogens (tertiary/aromatic N) is 5. The fraction of sp³-hybridized carbons (Fsp3) is 0.474. The predicted molar refractivity (Wildman–Crippen MR) is 97.7 cm³/mol. The highest BCUT2D eigenvalue weighted by Crippen LogP contribution is 2.41. The van der Waals surface area contributed by atoms with Crippen LogP contribution in [0.5, 0.6) is 0 Å². The second-order valence-electron chi connectivity index (χ2n) is 7.70. The molecule has 1 saturated heterocycles.